The molecule has 0 amide bonds. The van der Waals surface area contributed by atoms with Gasteiger partial charge in [0.2, 0.25) is 0 Å². The maximum atomic E-state index is 2.47. The second kappa shape index (κ2) is 3.99. The number of allylic oxidation sites excluding steroid dienone is 3. The molecule has 0 saturated heterocycles. The van der Waals surface area contributed by atoms with Crippen LogP contribution >= 0.6 is 0 Å². The summed E-state index contributed by atoms with van der Waals surface area (Å²) in [6, 6.07) is 8.86. The average Bonchev–Trinajstić information content (AvgIpc) is 2.35. The summed E-state index contributed by atoms with van der Waals surface area (Å²) in [6.45, 7) is 11.9. The van der Waals surface area contributed by atoms with Crippen molar-refractivity contribution in [3.63, 3.8) is 0 Å². The first kappa shape index (κ1) is 12.4. The van der Waals surface area contributed by atoms with E-state index < -0.39 is 8.07 Å². The third-order valence-electron chi connectivity index (χ3n) is 3.65. The molecule has 0 unspecified atom stereocenters. The predicted molar refractivity (Wildman–Crippen MR) is 80.1 cm³/mol. The molecule has 1 aliphatic rings. The third kappa shape index (κ3) is 2.16. The van der Waals surface area contributed by atoms with E-state index in [9.17, 15) is 0 Å². The van der Waals surface area contributed by atoms with Gasteiger partial charge in [-0.25, -0.2) is 0 Å². The summed E-state index contributed by atoms with van der Waals surface area (Å²) >= 11 is 0. The summed E-state index contributed by atoms with van der Waals surface area (Å²) in [5.41, 5.74) is 1.66. The maximum Gasteiger partial charge on any atom is 0.109 e. The van der Waals surface area contributed by atoms with Crippen LogP contribution in [0.2, 0.25) is 13.1 Å². The zero-order valence-corrected chi connectivity index (χ0v) is 12.5. The third-order valence-corrected chi connectivity index (χ3v) is 7.72. The van der Waals surface area contributed by atoms with Gasteiger partial charge < -0.3 is 0 Å². The molecule has 0 spiro atoms. The normalized spacial score (nSPS) is 18.3. The van der Waals surface area contributed by atoms with Crippen LogP contribution in [-0.4, -0.2) is 8.07 Å². The smallest absolute Gasteiger partial charge is 0.0708 e. The van der Waals surface area contributed by atoms with Crippen LogP contribution in [0.25, 0.3) is 6.08 Å². The molecule has 17 heavy (non-hydrogen) atoms. The van der Waals surface area contributed by atoms with Gasteiger partial charge in [-0.2, -0.15) is 0 Å². The van der Waals surface area contributed by atoms with Gasteiger partial charge in [0.1, 0.15) is 8.07 Å². The fraction of sp³-hybridized carbons (Fsp3) is 0.375. The molecule has 0 atom stereocenters. The average molecular weight is 242 g/mol. The maximum absolute atomic E-state index is 2.47. The Morgan fingerprint density at radius 3 is 2.29 bits per heavy atom. The van der Waals surface area contributed by atoms with Crippen molar-refractivity contribution in [1.82, 2.24) is 0 Å². The van der Waals surface area contributed by atoms with E-state index in [1.807, 2.05) is 0 Å². The van der Waals surface area contributed by atoms with Crippen molar-refractivity contribution >= 4 is 19.3 Å². The Morgan fingerprint density at radius 2 is 1.65 bits per heavy atom. The minimum absolute atomic E-state index is 0.261. The highest BCUT2D eigenvalue weighted by Crippen LogP contribution is 2.34. The monoisotopic (exact) mass is 242 g/mol. The van der Waals surface area contributed by atoms with E-state index in [0.29, 0.717) is 0 Å². The summed E-state index contributed by atoms with van der Waals surface area (Å²) in [6.07, 6.45) is 6.83. The van der Waals surface area contributed by atoms with Crippen molar-refractivity contribution in [2.24, 2.45) is 5.41 Å². The lowest BCUT2D eigenvalue weighted by atomic mass is 9.95. The van der Waals surface area contributed by atoms with Crippen LogP contribution in [0.3, 0.4) is 0 Å². The molecule has 1 aliphatic heterocycles. The summed E-state index contributed by atoms with van der Waals surface area (Å²) in [5, 5.41) is 3.20. The largest absolute Gasteiger partial charge is 0.109 e. The molecule has 1 aromatic rings. The van der Waals surface area contributed by atoms with Crippen molar-refractivity contribution in [3.05, 3.63) is 47.2 Å². The molecule has 1 heteroatoms. The van der Waals surface area contributed by atoms with Crippen molar-refractivity contribution in [1.29, 1.82) is 0 Å². The van der Waals surface area contributed by atoms with Crippen molar-refractivity contribution in [3.8, 4) is 0 Å². The van der Waals surface area contributed by atoms with Gasteiger partial charge in [0.15, 0.2) is 0 Å². The van der Waals surface area contributed by atoms with Gasteiger partial charge in [0.05, 0.1) is 0 Å². The molecule has 1 heterocycles. The van der Waals surface area contributed by atoms with Crippen LogP contribution in [0.4, 0.5) is 0 Å². The van der Waals surface area contributed by atoms with E-state index in [2.05, 4.69) is 76.4 Å². The van der Waals surface area contributed by atoms with E-state index >= 15 is 0 Å². The number of hydrogen-bond donors (Lipinski definition) is 0. The molecule has 0 aliphatic carbocycles. The fourth-order valence-corrected chi connectivity index (χ4v) is 7.08. The Morgan fingerprint density at radius 1 is 1.00 bits per heavy atom. The second-order valence-corrected chi connectivity index (χ2v) is 10.7. The highest BCUT2D eigenvalue weighted by molar-refractivity contribution is 6.96. The van der Waals surface area contributed by atoms with E-state index in [1.54, 1.807) is 10.4 Å². The van der Waals surface area contributed by atoms with Gasteiger partial charge in [0.25, 0.3) is 0 Å². The van der Waals surface area contributed by atoms with Gasteiger partial charge in [0, 0.05) is 0 Å². The first-order chi connectivity index (χ1) is 7.83. The van der Waals surface area contributed by atoms with Gasteiger partial charge in [-0.3, -0.25) is 0 Å². The summed E-state index contributed by atoms with van der Waals surface area (Å²) < 4.78 is 0. The molecule has 0 aromatic heterocycles. The highest BCUT2D eigenvalue weighted by Gasteiger charge is 2.36. The molecule has 0 N–H and O–H groups in total. The Kier molecular flexibility index (Phi) is 2.90. The molecular formula is C16H22Si. The number of hydrogen-bond acceptors (Lipinski definition) is 0. The molecular weight excluding hydrogens is 220 g/mol. The SMILES string of the molecule is CC(C)(C)C1=CC=Cc2ccccc2[Si]1(C)C. The lowest BCUT2D eigenvalue weighted by molar-refractivity contribution is 0.526. The summed E-state index contributed by atoms with van der Waals surface area (Å²) in [7, 11) is -1.53. The van der Waals surface area contributed by atoms with Gasteiger partial charge in [-0.05, 0) is 16.2 Å². The molecule has 0 nitrogen and oxygen atoms in total. The zero-order valence-electron chi connectivity index (χ0n) is 11.5. The van der Waals surface area contributed by atoms with E-state index in [4.69, 9.17) is 0 Å². The molecule has 90 valence electrons. The van der Waals surface area contributed by atoms with Crippen molar-refractivity contribution < 1.29 is 0 Å². The molecule has 0 saturated carbocycles. The molecule has 0 bridgehead atoms. The van der Waals surface area contributed by atoms with Crippen LogP contribution in [0, 0.1) is 5.41 Å². The lowest BCUT2D eigenvalue weighted by Crippen LogP contribution is -2.48. The number of rotatable bonds is 0. The topological polar surface area (TPSA) is 0 Å². The Hall–Kier alpha value is -1.08. The Bertz CT molecular complexity index is 484. The highest BCUT2D eigenvalue weighted by atomic mass is 28.3. The zero-order chi connectivity index (χ0) is 12.7. The minimum atomic E-state index is -1.53. The fourth-order valence-electron chi connectivity index (χ4n) is 3.00. The van der Waals surface area contributed by atoms with Crippen LogP contribution in [0.1, 0.15) is 26.3 Å². The van der Waals surface area contributed by atoms with Crippen LogP contribution in [0.5, 0.6) is 0 Å². The number of benzene rings is 1. The van der Waals surface area contributed by atoms with E-state index in [-0.39, 0.29) is 5.41 Å². The molecule has 1 aromatic carbocycles. The van der Waals surface area contributed by atoms with E-state index in [0.717, 1.165) is 0 Å². The quantitative estimate of drug-likeness (QED) is 0.600. The van der Waals surface area contributed by atoms with Gasteiger partial charge in [-0.15, -0.1) is 0 Å². The number of fused-ring (bicyclic) bond motifs is 1. The minimum Gasteiger partial charge on any atom is -0.0708 e. The first-order valence-electron chi connectivity index (χ1n) is 6.32. The van der Waals surface area contributed by atoms with Crippen molar-refractivity contribution in [2.45, 2.75) is 33.9 Å². The molecule has 0 fully saturated rings. The van der Waals surface area contributed by atoms with Crippen molar-refractivity contribution in [2.75, 3.05) is 0 Å². The predicted octanol–water partition coefficient (Wildman–Crippen LogP) is 4.14. The Labute approximate surface area is 106 Å². The van der Waals surface area contributed by atoms with Gasteiger partial charge >= 0.3 is 0 Å². The standard InChI is InChI=1S/C16H22Si/c1-16(2,3)15-12-8-10-13-9-6-7-11-14(13)17(15,4)5/h6-12H,1-5H3. The molecule has 0 radical (unpaired) electrons. The van der Waals surface area contributed by atoms with Gasteiger partial charge in [-0.1, -0.05) is 81.6 Å². The molecule has 2 rings (SSSR count). The first-order valence-corrected chi connectivity index (χ1v) is 9.32. The summed E-state index contributed by atoms with van der Waals surface area (Å²) in [5.74, 6) is 0. The summed E-state index contributed by atoms with van der Waals surface area (Å²) in [4.78, 5) is 0. The second-order valence-electron chi connectivity index (χ2n) is 6.40. The van der Waals surface area contributed by atoms with Crippen LogP contribution in [-0.2, 0) is 0 Å². The van der Waals surface area contributed by atoms with Crippen LogP contribution < -0.4 is 5.19 Å². The van der Waals surface area contributed by atoms with Crippen LogP contribution in [0.15, 0.2) is 41.6 Å². The Balaban J connectivity index is 2.64. The van der Waals surface area contributed by atoms with E-state index in [1.165, 1.54) is 5.56 Å². The lowest BCUT2D eigenvalue weighted by Gasteiger charge is -2.35.